The number of fused-ring (bicyclic) bond motifs is 1. The van der Waals surface area contributed by atoms with E-state index in [9.17, 15) is 10.1 Å². The predicted molar refractivity (Wildman–Crippen MR) is 87.1 cm³/mol. The van der Waals surface area contributed by atoms with Gasteiger partial charge in [0.15, 0.2) is 11.5 Å². The summed E-state index contributed by atoms with van der Waals surface area (Å²) in [6.45, 7) is 5.22. The van der Waals surface area contributed by atoms with Crippen LogP contribution in [0.15, 0.2) is 29.5 Å². The molecule has 0 fully saturated rings. The maximum atomic E-state index is 12.6. The highest BCUT2D eigenvalue weighted by molar-refractivity contribution is 5.96. The lowest BCUT2D eigenvalue weighted by Gasteiger charge is -2.31. The summed E-state index contributed by atoms with van der Waals surface area (Å²) in [4.78, 5) is 12.6. The van der Waals surface area contributed by atoms with Gasteiger partial charge in [-0.1, -0.05) is 6.07 Å². The van der Waals surface area contributed by atoms with Crippen molar-refractivity contribution in [2.45, 2.75) is 32.8 Å². The van der Waals surface area contributed by atoms with E-state index in [1.165, 1.54) is 0 Å². The monoisotopic (exact) mass is 342 g/mol. The molecule has 130 valence electrons. The molecule has 7 heteroatoms. The Labute approximate surface area is 145 Å². The summed E-state index contributed by atoms with van der Waals surface area (Å²) < 4.78 is 21.3. The van der Waals surface area contributed by atoms with Crippen molar-refractivity contribution >= 4 is 11.9 Å². The SMILES string of the molecule is CC1=C(C(=O)OC(C)C)C(c2ccc3c(c2)OCO3)C(C#N)C(=N)O1. The van der Waals surface area contributed by atoms with E-state index >= 15 is 0 Å². The normalized spacial score (nSPS) is 21.8. The Hall–Kier alpha value is -3.01. The molecule has 0 bridgehead atoms. The standard InChI is InChI=1S/C18H18N2O5/c1-9(2)24-18(21)15-10(3)25-17(20)12(7-19)16(15)11-4-5-13-14(6-11)23-8-22-13/h4-6,9,12,16,20H,8H2,1-3H3. The molecule has 0 saturated heterocycles. The maximum Gasteiger partial charge on any atom is 0.338 e. The van der Waals surface area contributed by atoms with Gasteiger partial charge in [0.1, 0.15) is 11.7 Å². The average Bonchev–Trinajstić information content (AvgIpc) is 3.00. The molecule has 2 atom stereocenters. The molecule has 0 aromatic heterocycles. The number of rotatable bonds is 3. The molecule has 3 rings (SSSR count). The van der Waals surface area contributed by atoms with E-state index in [1.807, 2.05) is 0 Å². The van der Waals surface area contributed by atoms with E-state index in [1.54, 1.807) is 39.0 Å². The summed E-state index contributed by atoms with van der Waals surface area (Å²) in [6, 6.07) is 7.28. The van der Waals surface area contributed by atoms with Gasteiger partial charge >= 0.3 is 5.97 Å². The molecule has 2 aliphatic heterocycles. The number of hydrogen-bond donors (Lipinski definition) is 1. The summed E-state index contributed by atoms with van der Waals surface area (Å²) in [5.74, 6) is -0.935. The fourth-order valence-corrected chi connectivity index (χ4v) is 2.97. The molecule has 0 saturated carbocycles. The van der Waals surface area contributed by atoms with E-state index in [0.29, 0.717) is 17.1 Å². The Kier molecular flexibility index (Phi) is 4.36. The summed E-state index contributed by atoms with van der Waals surface area (Å²) in [6.07, 6.45) is -0.313. The van der Waals surface area contributed by atoms with Crippen LogP contribution < -0.4 is 9.47 Å². The van der Waals surface area contributed by atoms with Gasteiger partial charge in [-0.3, -0.25) is 5.41 Å². The van der Waals surface area contributed by atoms with Gasteiger partial charge in [-0.25, -0.2) is 4.79 Å². The lowest BCUT2D eigenvalue weighted by Crippen LogP contribution is -2.33. The van der Waals surface area contributed by atoms with E-state index in [-0.39, 0.29) is 30.1 Å². The van der Waals surface area contributed by atoms with Crippen LogP contribution in [0.25, 0.3) is 0 Å². The number of carbonyl (C=O) groups is 1. The molecule has 0 radical (unpaired) electrons. The molecule has 0 spiro atoms. The van der Waals surface area contributed by atoms with Gasteiger partial charge in [0.2, 0.25) is 12.7 Å². The molecule has 2 unspecified atom stereocenters. The third-order valence-corrected chi connectivity index (χ3v) is 4.03. The van der Waals surface area contributed by atoms with Crippen molar-refractivity contribution in [3.63, 3.8) is 0 Å². The smallest absolute Gasteiger partial charge is 0.338 e. The number of esters is 1. The fourth-order valence-electron chi connectivity index (χ4n) is 2.97. The van der Waals surface area contributed by atoms with Crippen molar-refractivity contribution in [1.82, 2.24) is 0 Å². The maximum absolute atomic E-state index is 12.6. The van der Waals surface area contributed by atoms with Crippen molar-refractivity contribution in [1.29, 1.82) is 10.7 Å². The van der Waals surface area contributed by atoms with Crippen LogP contribution in [0.1, 0.15) is 32.3 Å². The van der Waals surface area contributed by atoms with Crippen LogP contribution in [0.2, 0.25) is 0 Å². The lowest BCUT2D eigenvalue weighted by molar-refractivity contribution is -0.143. The average molecular weight is 342 g/mol. The van der Waals surface area contributed by atoms with Crippen LogP contribution in [-0.2, 0) is 14.3 Å². The molecule has 1 aromatic rings. The van der Waals surface area contributed by atoms with Gasteiger partial charge in [-0.2, -0.15) is 5.26 Å². The van der Waals surface area contributed by atoms with Crippen LogP contribution in [0, 0.1) is 22.7 Å². The van der Waals surface area contributed by atoms with E-state index in [0.717, 1.165) is 0 Å². The molecule has 7 nitrogen and oxygen atoms in total. The molecule has 1 aromatic carbocycles. The van der Waals surface area contributed by atoms with Gasteiger partial charge in [0, 0.05) is 5.92 Å². The second kappa shape index (κ2) is 6.48. The number of carbonyl (C=O) groups excluding carboxylic acids is 1. The van der Waals surface area contributed by atoms with Gasteiger partial charge in [0.05, 0.1) is 17.7 Å². The second-order valence-electron chi connectivity index (χ2n) is 6.09. The zero-order valence-electron chi connectivity index (χ0n) is 14.2. The van der Waals surface area contributed by atoms with E-state index < -0.39 is 17.8 Å². The first-order chi connectivity index (χ1) is 11.9. The van der Waals surface area contributed by atoms with Crippen molar-refractivity contribution in [3.8, 4) is 17.6 Å². The van der Waals surface area contributed by atoms with E-state index in [2.05, 4.69) is 6.07 Å². The highest BCUT2D eigenvalue weighted by Gasteiger charge is 2.42. The zero-order chi connectivity index (χ0) is 18.1. The number of nitriles is 1. The number of nitrogens with one attached hydrogen (secondary N) is 1. The molecule has 2 heterocycles. The van der Waals surface area contributed by atoms with Crippen molar-refractivity contribution in [2.75, 3.05) is 6.79 Å². The fraction of sp³-hybridized carbons (Fsp3) is 0.389. The predicted octanol–water partition coefficient (Wildman–Crippen LogP) is 2.87. The number of allylic oxidation sites excluding steroid dienone is 1. The molecule has 0 aliphatic carbocycles. The van der Waals surface area contributed by atoms with Crippen molar-refractivity contribution in [2.24, 2.45) is 5.92 Å². The highest BCUT2D eigenvalue weighted by Crippen LogP contribution is 2.43. The minimum Gasteiger partial charge on any atom is -0.460 e. The number of ether oxygens (including phenoxy) is 4. The number of benzene rings is 1. The van der Waals surface area contributed by atoms with Crippen LogP contribution >= 0.6 is 0 Å². The molecule has 2 aliphatic rings. The van der Waals surface area contributed by atoms with Crippen molar-refractivity contribution in [3.05, 3.63) is 35.1 Å². The van der Waals surface area contributed by atoms with Gasteiger partial charge in [-0.15, -0.1) is 0 Å². The highest BCUT2D eigenvalue weighted by atomic mass is 16.7. The largest absolute Gasteiger partial charge is 0.460 e. The third-order valence-electron chi connectivity index (χ3n) is 4.03. The second-order valence-corrected chi connectivity index (χ2v) is 6.09. The Morgan fingerprint density at radius 1 is 1.36 bits per heavy atom. The van der Waals surface area contributed by atoms with E-state index in [4.69, 9.17) is 24.4 Å². The Morgan fingerprint density at radius 3 is 2.76 bits per heavy atom. The van der Waals surface area contributed by atoms with Gasteiger partial charge in [0.25, 0.3) is 0 Å². The van der Waals surface area contributed by atoms with Crippen LogP contribution in [0.4, 0.5) is 0 Å². The van der Waals surface area contributed by atoms with Gasteiger partial charge < -0.3 is 18.9 Å². The van der Waals surface area contributed by atoms with Crippen molar-refractivity contribution < 1.29 is 23.7 Å². The summed E-state index contributed by atoms with van der Waals surface area (Å²) in [5, 5.41) is 17.5. The molecular formula is C18H18N2O5. The minimum atomic E-state index is -0.932. The molecule has 25 heavy (non-hydrogen) atoms. The Bertz CT molecular complexity index is 806. The van der Waals surface area contributed by atoms with Crippen LogP contribution in [-0.4, -0.2) is 24.8 Å². The first kappa shape index (κ1) is 16.8. The topological polar surface area (TPSA) is 102 Å². The Morgan fingerprint density at radius 2 is 2.08 bits per heavy atom. The minimum absolute atomic E-state index is 0.126. The summed E-state index contributed by atoms with van der Waals surface area (Å²) >= 11 is 0. The summed E-state index contributed by atoms with van der Waals surface area (Å²) in [7, 11) is 0. The molecule has 1 N–H and O–H groups in total. The Balaban J connectivity index is 2.10. The zero-order valence-corrected chi connectivity index (χ0v) is 14.2. The van der Waals surface area contributed by atoms with Crippen LogP contribution in [0.3, 0.4) is 0 Å². The van der Waals surface area contributed by atoms with Gasteiger partial charge in [-0.05, 0) is 38.5 Å². The third kappa shape index (κ3) is 3.03. The first-order valence-electron chi connectivity index (χ1n) is 7.89. The summed E-state index contributed by atoms with van der Waals surface area (Å²) in [5.41, 5.74) is 0.911. The number of hydrogen-bond acceptors (Lipinski definition) is 7. The van der Waals surface area contributed by atoms with Crippen LogP contribution in [0.5, 0.6) is 11.5 Å². The quantitative estimate of drug-likeness (QED) is 0.848. The molecule has 0 amide bonds. The number of nitrogens with zero attached hydrogens (tertiary/aromatic N) is 1. The lowest BCUT2D eigenvalue weighted by atomic mass is 9.78. The molecular weight excluding hydrogens is 324 g/mol. The first-order valence-corrected chi connectivity index (χ1v) is 7.89.